The summed E-state index contributed by atoms with van der Waals surface area (Å²) in [5.41, 5.74) is 1.76. The molecule has 2 rings (SSSR count). The molecule has 0 saturated heterocycles. The van der Waals surface area contributed by atoms with Gasteiger partial charge in [-0.05, 0) is 17.7 Å². The molecule has 0 spiro atoms. The van der Waals surface area contributed by atoms with Crippen LogP contribution in [0.25, 0.3) is 0 Å². The molecule has 1 heterocycles. The molecular weight excluding hydrogens is 202 g/mol. The van der Waals surface area contributed by atoms with E-state index in [1.807, 2.05) is 42.6 Å². The second-order valence-electron chi connectivity index (χ2n) is 3.48. The Balaban J connectivity index is 1.87. The van der Waals surface area contributed by atoms with Crippen LogP contribution in [0.1, 0.15) is 16.1 Å². The minimum atomic E-state index is 0.399. The molecule has 0 aliphatic rings. The topological polar surface area (TPSA) is 31.2 Å². The average molecular weight is 215 g/mol. The highest BCUT2D eigenvalue weighted by atomic mass is 16.5. The molecule has 1 aromatic carbocycles. The van der Waals surface area contributed by atoms with E-state index >= 15 is 0 Å². The lowest BCUT2D eigenvalue weighted by Crippen LogP contribution is -2.04. The molecule has 0 bridgehead atoms. The lowest BCUT2D eigenvalue weighted by molar-refractivity contribution is 0.0623. The fraction of sp³-hybridized carbons (Fsp3) is 0.154. The number of nitrogens with zero attached hydrogens (tertiary/aromatic N) is 1. The number of carbonyl (C=O) groups is 1. The summed E-state index contributed by atoms with van der Waals surface area (Å²) in [5.74, 6) is 0. The molecule has 3 nitrogen and oxygen atoms in total. The van der Waals surface area contributed by atoms with E-state index in [1.165, 1.54) is 0 Å². The molecule has 1 aromatic heterocycles. The van der Waals surface area contributed by atoms with Crippen LogP contribution >= 0.6 is 0 Å². The van der Waals surface area contributed by atoms with E-state index in [2.05, 4.69) is 0 Å². The van der Waals surface area contributed by atoms with Gasteiger partial charge in [-0.15, -0.1) is 0 Å². The Morgan fingerprint density at radius 1 is 1.12 bits per heavy atom. The van der Waals surface area contributed by atoms with Crippen LogP contribution in [-0.4, -0.2) is 10.9 Å². The standard InChI is InChI=1S/C13H13NO2/c15-9-13-7-4-8-14(13)11-16-10-12-5-2-1-3-6-12/h1-9H,10-11H2. The van der Waals surface area contributed by atoms with E-state index in [9.17, 15) is 4.79 Å². The SMILES string of the molecule is O=Cc1cccn1COCc1ccccc1. The first-order chi connectivity index (χ1) is 7.90. The van der Waals surface area contributed by atoms with Crippen molar-refractivity contribution in [3.05, 3.63) is 59.9 Å². The zero-order valence-corrected chi connectivity index (χ0v) is 8.87. The van der Waals surface area contributed by atoms with Crippen molar-refractivity contribution in [2.24, 2.45) is 0 Å². The van der Waals surface area contributed by atoms with Crippen molar-refractivity contribution in [3.8, 4) is 0 Å². The number of ether oxygens (including phenoxy) is 1. The van der Waals surface area contributed by atoms with Crippen LogP contribution in [0.15, 0.2) is 48.7 Å². The van der Waals surface area contributed by atoms with Crippen molar-refractivity contribution in [2.75, 3.05) is 0 Å². The summed E-state index contributed by atoms with van der Waals surface area (Å²) < 4.78 is 7.28. The molecular formula is C13H13NO2. The van der Waals surface area contributed by atoms with E-state index in [1.54, 1.807) is 10.6 Å². The maximum atomic E-state index is 10.6. The minimum absolute atomic E-state index is 0.399. The summed E-state index contributed by atoms with van der Waals surface area (Å²) in [6.45, 7) is 0.952. The number of aromatic nitrogens is 1. The second-order valence-corrected chi connectivity index (χ2v) is 3.48. The molecule has 0 amide bonds. The molecule has 82 valence electrons. The van der Waals surface area contributed by atoms with Gasteiger partial charge in [0.25, 0.3) is 0 Å². The Labute approximate surface area is 94.3 Å². The lowest BCUT2D eigenvalue weighted by atomic mass is 10.2. The Bertz CT molecular complexity index is 448. The van der Waals surface area contributed by atoms with Gasteiger partial charge in [0.1, 0.15) is 6.73 Å². The molecule has 2 aromatic rings. The number of hydrogen-bond acceptors (Lipinski definition) is 2. The van der Waals surface area contributed by atoms with Crippen molar-refractivity contribution in [3.63, 3.8) is 0 Å². The highest BCUT2D eigenvalue weighted by Gasteiger charge is 1.98. The summed E-state index contributed by atoms with van der Waals surface area (Å²) >= 11 is 0. The number of carbonyl (C=O) groups excluding carboxylic acids is 1. The molecule has 16 heavy (non-hydrogen) atoms. The van der Waals surface area contributed by atoms with Crippen LogP contribution in [0, 0.1) is 0 Å². The van der Waals surface area contributed by atoms with Gasteiger partial charge in [0.2, 0.25) is 0 Å². The van der Waals surface area contributed by atoms with Gasteiger partial charge in [-0.1, -0.05) is 30.3 Å². The Hall–Kier alpha value is -1.87. The number of hydrogen-bond donors (Lipinski definition) is 0. The van der Waals surface area contributed by atoms with Crippen molar-refractivity contribution in [1.29, 1.82) is 0 Å². The van der Waals surface area contributed by atoms with Crippen LogP contribution in [0.5, 0.6) is 0 Å². The van der Waals surface area contributed by atoms with Crippen molar-refractivity contribution < 1.29 is 9.53 Å². The summed E-state index contributed by atoms with van der Waals surface area (Å²) in [7, 11) is 0. The van der Waals surface area contributed by atoms with E-state index < -0.39 is 0 Å². The lowest BCUT2D eigenvalue weighted by Gasteiger charge is -2.06. The fourth-order valence-electron chi connectivity index (χ4n) is 1.49. The third kappa shape index (κ3) is 2.58. The van der Waals surface area contributed by atoms with E-state index in [4.69, 9.17) is 4.74 Å². The van der Waals surface area contributed by atoms with Gasteiger partial charge in [-0.3, -0.25) is 4.79 Å². The van der Waals surface area contributed by atoms with Crippen LogP contribution in [0.3, 0.4) is 0 Å². The molecule has 0 N–H and O–H groups in total. The smallest absolute Gasteiger partial charge is 0.166 e. The zero-order valence-electron chi connectivity index (χ0n) is 8.87. The summed E-state index contributed by atoms with van der Waals surface area (Å²) in [6, 6.07) is 13.5. The first-order valence-corrected chi connectivity index (χ1v) is 5.12. The highest BCUT2D eigenvalue weighted by Crippen LogP contribution is 2.03. The van der Waals surface area contributed by atoms with Gasteiger partial charge in [-0.2, -0.15) is 0 Å². The van der Waals surface area contributed by atoms with E-state index in [0.717, 1.165) is 11.8 Å². The molecule has 0 fully saturated rings. The van der Waals surface area contributed by atoms with Crippen molar-refractivity contribution in [2.45, 2.75) is 13.3 Å². The highest BCUT2D eigenvalue weighted by molar-refractivity contribution is 5.72. The maximum Gasteiger partial charge on any atom is 0.166 e. The van der Waals surface area contributed by atoms with Crippen LogP contribution < -0.4 is 0 Å². The number of benzene rings is 1. The van der Waals surface area contributed by atoms with E-state index in [0.29, 0.717) is 19.0 Å². The monoisotopic (exact) mass is 215 g/mol. The minimum Gasteiger partial charge on any atom is -0.356 e. The Morgan fingerprint density at radius 3 is 2.69 bits per heavy atom. The predicted octanol–water partition coefficient (Wildman–Crippen LogP) is 2.47. The van der Waals surface area contributed by atoms with Crippen LogP contribution in [0.2, 0.25) is 0 Å². The summed E-state index contributed by atoms with van der Waals surface area (Å²) in [6.07, 6.45) is 2.65. The molecule has 0 radical (unpaired) electrons. The third-order valence-electron chi connectivity index (χ3n) is 2.33. The Morgan fingerprint density at radius 2 is 1.94 bits per heavy atom. The van der Waals surface area contributed by atoms with Gasteiger partial charge in [0.05, 0.1) is 12.3 Å². The first kappa shape index (κ1) is 10.6. The van der Waals surface area contributed by atoms with Gasteiger partial charge in [0.15, 0.2) is 6.29 Å². The molecule has 0 atom stereocenters. The van der Waals surface area contributed by atoms with Crippen LogP contribution in [0.4, 0.5) is 0 Å². The van der Waals surface area contributed by atoms with Gasteiger partial charge < -0.3 is 9.30 Å². The largest absolute Gasteiger partial charge is 0.356 e. The zero-order chi connectivity index (χ0) is 11.2. The van der Waals surface area contributed by atoms with E-state index in [-0.39, 0.29) is 0 Å². The first-order valence-electron chi connectivity index (χ1n) is 5.12. The predicted molar refractivity (Wildman–Crippen MR) is 61.1 cm³/mol. The van der Waals surface area contributed by atoms with Crippen molar-refractivity contribution >= 4 is 6.29 Å². The molecule has 0 unspecified atom stereocenters. The Kier molecular flexibility index (Phi) is 3.51. The van der Waals surface area contributed by atoms with Gasteiger partial charge in [-0.25, -0.2) is 0 Å². The second kappa shape index (κ2) is 5.28. The molecule has 0 aliphatic heterocycles. The summed E-state index contributed by atoms with van der Waals surface area (Å²) in [4.78, 5) is 10.6. The third-order valence-corrected chi connectivity index (χ3v) is 2.33. The summed E-state index contributed by atoms with van der Waals surface area (Å²) in [5, 5.41) is 0. The normalized spacial score (nSPS) is 10.2. The molecule has 0 aliphatic carbocycles. The number of rotatable bonds is 5. The van der Waals surface area contributed by atoms with Gasteiger partial charge in [0, 0.05) is 6.20 Å². The van der Waals surface area contributed by atoms with Gasteiger partial charge >= 0.3 is 0 Å². The quantitative estimate of drug-likeness (QED) is 0.717. The number of aldehydes is 1. The molecule has 0 saturated carbocycles. The fourth-order valence-corrected chi connectivity index (χ4v) is 1.49. The average Bonchev–Trinajstić information content (AvgIpc) is 2.78. The maximum absolute atomic E-state index is 10.6. The van der Waals surface area contributed by atoms with Crippen LogP contribution in [-0.2, 0) is 18.1 Å². The van der Waals surface area contributed by atoms with Crippen molar-refractivity contribution in [1.82, 2.24) is 4.57 Å². The molecule has 3 heteroatoms.